The van der Waals surface area contributed by atoms with E-state index in [0.717, 1.165) is 11.5 Å². The largest absolute Gasteiger partial charge is 0.468 e. The lowest BCUT2D eigenvalue weighted by Crippen LogP contribution is -2.38. The average Bonchev–Trinajstić information content (AvgIpc) is 2.41. The second kappa shape index (κ2) is 13.1. The number of rotatable bonds is 12. The van der Waals surface area contributed by atoms with Crippen LogP contribution in [0.5, 0.6) is 0 Å². The SMILES string of the molecule is COC(=O)CN(C)CC(=O)NCCSSCCNC=O. The zero-order chi connectivity index (χ0) is 15.2. The van der Waals surface area contributed by atoms with Gasteiger partial charge in [-0.25, -0.2) is 0 Å². The van der Waals surface area contributed by atoms with Gasteiger partial charge in [-0.3, -0.25) is 19.3 Å². The highest BCUT2D eigenvalue weighted by molar-refractivity contribution is 8.76. The summed E-state index contributed by atoms with van der Waals surface area (Å²) in [5.74, 6) is 1.14. The predicted molar refractivity (Wildman–Crippen MR) is 81.5 cm³/mol. The van der Waals surface area contributed by atoms with Crippen molar-refractivity contribution in [2.45, 2.75) is 0 Å². The quantitative estimate of drug-likeness (QED) is 0.213. The number of likely N-dealkylation sites (N-methyl/N-ethyl adjacent to an activating group) is 1. The minimum atomic E-state index is -0.365. The molecule has 20 heavy (non-hydrogen) atoms. The van der Waals surface area contributed by atoms with Crippen molar-refractivity contribution in [2.24, 2.45) is 0 Å². The monoisotopic (exact) mass is 323 g/mol. The molecular weight excluding hydrogens is 302 g/mol. The van der Waals surface area contributed by atoms with Gasteiger partial charge < -0.3 is 15.4 Å². The summed E-state index contributed by atoms with van der Waals surface area (Å²) in [7, 11) is 6.28. The summed E-state index contributed by atoms with van der Waals surface area (Å²) in [6, 6.07) is 0. The maximum absolute atomic E-state index is 11.5. The van der Waals surface area contributed by atoms with Gasteiger partial charge in [0.25, 0.3) is 0 Å². The van der Waals surface area contributed by atoms with E-state index in [9.17, 15) is 14.4 Å². The number of amides is 2. The Morgan fingerprint density at radius 1 is 1.20 bits per heavy atom. The van der Waals surface area contributed by atoms with Crippen LogP contribution in [-0.4, -0.2) is 75.0 Å². The van der Waals surface area contributed by atoms with Gasteiger partial charge in [0.1, 0.15) is 0 Å². The Balaban J connectivity index is 3.44. The zero-order valence-electron chi connectivity index (χ0n) is 11.7. The Labute approximate surface area is 126 Å². The van der Waals surface area contributed by atoms with Gasteiger partial charge >= 0.3 is 5.97 Å². The summed E-state index contributed by atoms with van der Waals surface area (Å²) >= 11 is 0. The third-order valence-electron chi connectivity index (χ3n) is 2.04. The molecule has 0 bridgehead atoms. The van der Waals surface area contributed by atoms with Gasteiger partial charge in [0, 0.05) is 24.6 Å². The molecule has 0 fully saturated rings. The Morgan fingerprint density at radius 2 is 1.85 bits per heavy atom. The number of carbonyl (C=O) groups is 3. The highest BCUT2D eigenvalue weighted by atomic mass is 33.1. The van der Waals surface area contributed by atoms with E-state index < -0.39 is 0 Å². The van der Waals surface area contributed by atoms with Gasteiger partial charge in [-0.2, -0.15) is 0 Å². The molecule has 2 N–H and O–H groups in total. The Kier molecular flexibility index (Phi) is 12.5. The minimum Gasteiger partial charge on any atom is -0.468 e. The molecule has 0 aromatic rings. The summed E-state index contributed by atoms with van der Waals surface area (Å²) in [6.07, 6.45) is 0.677. The summed E-state index contributed by atoms with van der Waals surface area (Å²) < 4.78 is 4.51. The molecule has 0 aliphatic rings. The van der Waals surface area contributed by atoms with E-state index in [1.807, 2.05) is 0 Å². The molecule has 7 nitrogen and oxygen atoms in total. The molecule has 0 atom stereocenters. The number of methoxy groups -OCH3 is 1. The van der Waals surface area contributed by atoms with Gasteiger partial charge in [0.05, 0.1) is 20.2 Å². The summed E-state index contributed by atoms with van der Waals surface area (Å²) in [4.78, 5) is 34.1. The number of ether oxygens (including phenoxy) is 1. The first kappa shape index (κ1) is 19.1. The third-order valence-corrected chi connectivity index (χ3v) is 4.45. The van der Waals surface area contributed by atoms with Crippen molar-refractivity contribution in [3.63, 3.8) is 0 Å². The van der Waals surface area contributed by atoms with Crippen LogP contribution in [0.1, 0.15) is 0 Å². The number of hydrogen-bond donors (Lipinski definition) is 2. The topological polar surface area (TPSA) is 87.7 Å². The average molecular weight is 323 g/mol. The molecule has 0 saturated heterocycles. The fraction of sp³-hybridized carbons (Fsp3) is 0.727. The lowest BCUT2D eigenvalue weighted by molar-refractivity contribution is -0.141. The standard InChI is InChI=1S/C11H21N3O4S2/c1-14(8-11(17)18-2)7-10(16)13-4-6-20-19-5-3-12-9-15/h9H,3-8H2,1-2H3,(H,12,15)(H,13,16). The van der Waals surface area contributed by atoms with E-state index in [1.165, 1.54) is 7.11 Å². The summed E-state index contributed by atoms with van der Waals surface area (Å²) in [5, 5.41) is 5.34. The maximum atomic E-state index is 11.5. The van der Waals surface area contributed by atoms with Crippen LogP contribution in [0.4, 0.5) is 0 Å². The molecule has 0 unspecified atom stereocenters. The van der Waals surface area contributed by atoms with Crippen molar-refractivity contribution in [3.8, 4) is 0 Å². The van der Waals surface area contributed by atoms with E-state index in [0.29, 0.717) is 19.5 Å². The van der Waals surface area contributed by atoms with Crippen molar-refractivity contribution in [1.82, 2.24) is 15.5 Å². The van der Waals surface area contributed by atoms with E-state index >= 15 is 0 Å². The highest BCUT2D eigenvalue weighted by Crippen LogP contribution is 2.18. The van der Waals surface area contributed by atoms with Crippen molar-refractivity contribution < 1.29 is 19.1 Å². The fourth-order valence-electron chi connectivity index (χ4n) is 1.15. The number of hydrogen-bond acceptors (Lipinski definition) is 7. The number of nitrogens with one attached hydrogen (secondary N) is 2. The van der Waals surface area contributed by atoms with Crippen LogP contribution in [0.25, 0.3) is 0 Å². The molecule has 0 aromatic heterocycles. The summed E-state index contributed by atoms with van der Waals surface area (Å²) in [6.45, 7) is 1.48. The normalized spacial score (nSPS) is 10.2. The predicted octanol–water partition coefficient (Wildman–Crippen LogP) is -0.665. The first-order valence-electron chi connectivity index (χ1n) is 6.03. The molecule has 2 amide bonds. The van der Waals surface area contributed by atoms with Crippen LogP contribution < -0.4 is 10.6 Å². The molecule has 0 aromatic carbocycles. The van der Waals surface area contributed by atoms with Gasteiger partial charge in [0.15, 0.2) is 0 Å². The maximum Gasteiger partial charge on any atom is 0.319 e. The first-order chi connectivity index (χ1) is 9.60. The molecule has 0 heterocycles. The van der Waals surface area contributed by atoms with Crippen molar-refractivity contribution in [2.75, 3.05) is 51.8 Å². The lowest BCUT2D eigenvalue weighted by Gasteiger charge is -2.14. The van der Waals surface area contributed by atoms with E-state index in [4.69, 9.17) is 0 Å². The van der Waals surface area contributed by atoms with Crippen LogP contribution in [0, 0.1) is 0 Å². The third kappa shape index (κ3) is 12.1. The number of esters is 1. The van der Waals surface area contributed by atoms with Crippen LogP contribution in [-0.2, 0) is 19.1 Å². The van der Waals surface area contributed by atoms with Gasteiger partial charge in [-0.1, -0.05) is 21.6 Å². The molecular formula is C11H21N3O4S2. The van der Waals surface area contributed by atoms with Crippen LogP contribution >= 0.6 is 21.6 Å². The van der Waals surface area contributed by atoms with E-state index in [2.05, 4.69) is 15.4 Å². The molecule has 9 heteroatoms. The minimum absolute atomic E-state index is 0.0955. The molecule has 0 aliphatic carbocycles. The smallest absolute Gasteiger partial charge is 0.319 e. The second-order valence-corrected chi connectivity index (χ2v) is 6.52. The lowest BCUT2D eigenvalue weighted by atomic mass is 10.5. The second-order valence-electron chi connectivity index (χ2n) is 3.81. The Bertz CT molecular complexity index is 305. The number of nitrogens with zero attached hydrogens (tertiary/aromatic N) is 1. The van der Waals surface area contributed by atoms with Crippen LogP contribution in [0.15, 0.2) is 0 Å². The van der Waals surface area contributed by atoms with Crippen LogP contribution in [0.3, 0.4) is 0 Å². The van der Waals surface area contributed by atoms with Gasteiger partial charge in [0.2, 0.25) is 12.3 Å². The molecule has 0 saturated carbocycles. The van der Waals surface area contributed by atoms with Crippen LogP contribution in [0.2, 0.25) is 0 Å². The van der Waals surface area contributed by atoms with E-state index in [-0.39, 0.29) is 25.0 Å². The Hall–Kier alpha value is -0.930. The van der Waals surface area contributed by atoms with Crippen molar-refractivity contribution in [1.29, 1.82) is 0 Å². The highest BCUT2D eigenvalue weighted by Gasteiger charge is 2.10. The van der Waals surface area contributed by atoms with E-state index in [1.54, 1.807) is 33.5 Å². The van der Waals surface area contributed by atoms with Gasteiger partial charge in [-0.05, 0) is 7.05 Å². The van der Waals surface area contributed by atoms with Gasteiger partial charge in [-0.15, -0.1) is 0 Å². The molecule has 0 spiro atoms. The molecule has 116 valence electrons. The van der Waals surface area contributed by atoms with Crippen molar-refractivity contribution >= 4 is 39.9 Å². The van der Waals surface area contributed by atoms with Crippen molar-refractivity contribution in [3.05, 3.63) is 0 Å². The first-order valence-corrected chi connectivity index (χ1v) is 8.52. The molecule has 0 aliphatic heterocycles. The fourth-order valence-corrected chi connectivity index (χ4v) is 2.98. The molecule has 0 radical (unpaired) electrons. The Morgan fingerprint density at radius 3 is 2.45 bits per heavy atom. The number of carbonyl (C=O) groups excluding carboxylic acids is 3. The summed E-state index contributed by atoms with van der Waals surface area (Å²) in [5.41, 5.74) is 0. The zero-order valence-corrected chi connectivity index (χ0v) is 13.3. The molecule has 0 rings (SSSR count).